The molecule has 0 bridgehead atoms. The number of rotatable bonds is 7. The van der Waals surface area contributed by atoms with E-state index in [1.807, 2.05) is 19.2 Å². The van der Waals surface area contributed by atoms with Crippen molar-refractivity contribution in [3.8, 4) is 17.0 Å². The Labute approximate surface area is 198 Å². The van der Waals surface area contributed by atoms with Gasteiger partial charge in [0.15, 0.2) is 5.82 Å². The molecule has 0 atom stereocenters. The van der Waals surface area contributed by atoms with Crippen LogP contribution in [0.15, 0.2) is 18.2 Å². The van der Waals surface area contributed by atoms with E-state index in [2.05, 4.69) is 10.4 Å². The topological polar surface area (TPSA) is 85.7 Å². The highest BCUT2D eigenvalue weighted by atomic mass is 35.5. The SMILES string of the molecule is Cn1nc(N(CC(=O)NCC2CC2)C(=O)CC2CCOCC2)c2c1-c1cc(Cl)ccc1OC2. The van der Waals surface area contributed by atoms with Gasteiger partial charge < -0.3 is 14.8 Å². The van der Waals surface area contributed by atoms with E-state index < -0.39 is 0 Å². The van der Waals surface area contributed by atoms with Crippen LogP contribution >= 0.6 is 11.6 Å². The fourth-order valence-corrected chi connectivity index (χ4v) is 4.74. The standard InChI is InChI=1S/C24H29ClN4O4/c1-28-23-18-11-17(25)4-5-20(18)33-14-19(23)24(27-28)29(13-21(30)26-12-16-2-3-16)22(31)10-15-6-8-32-9-7-15/h4-5,11,15-16H,2-3,6-10,12-14H2,1H3,(H,26,30). The van der Waals surface area contributed by atoms with Gasteiger partial charge in [-0.2, -0.15) is 5.10 Å². The third-order valence-electron chi connectivity index (χ3n) is 6.64. The Kier molecular flexibility index (Phi) is 6.29. The number of fused-ring (bicyclic) bond motifs is 3. The predicted molar refractivity (Wildman–Crippen MR) is 124 cm³/mol. The Hall–Kier alpha value is -2.58. The number of amides is 2. The van der Waals surface area contributed by atoms with Crippen LogP contribution in [0.3, 0.4) is 0 Å². The number of aromatic nitrogens is 2. The summed E-state index contributed by atoms with van der Waals surface area (Å²) in [5, 5.41) is 8.26. The zero-order valence-electron chi connectivity index (χ0n) is 18.8. The van der Waals surface area contributed by atoms with Gasteiger partial charge >= 0.3 is 0 Å². The number of hydrogen-bond acceptors (Lipinski definition) is 5. The van der Waals surface area contributed by atoms with E-state index in [-0.39, 0.29) is 30.9 Å². The van der Waals surface area contributed by atoms with Gasteiger partial charge in [-0.1, -0.05) is 11.6 Å². The number of nitrogens with zero attached hydrogens (tertiary/aromatic N) is 3. The van der Waals surface area contributed by atoms with Crippen LogP contribution in [0.2, 0.25) is 5.02 Å². The Bertz CT molecular complexity index is 1060. The summed E-state index contributed by atoms with van der Waals surface area (Å²) in [7, 11) is 1.84. The highest BCUT2D eigenvalue weighted by Crippen LogP contribution is 2.42. The van der Waals surface area contributed by atoms with E-state index in [0.29, 0.717) is 42.9 Å². The van der Waals surface area contributed by atoms with Gasteiger partial charge in [0.2, 0.25) is 11.8 Å². The Morgan fingerprint density at radius 1 is 1.21 bits per heavy atom. The molecule has 0 spiro atoms. The average molecular weight is 473 g/mol. The van der Waals surface area contributed by atoms with Gasteiger partial charge in [0.25, 0.3) is 0 Å². The van der Waals surface area contributed by atoms with Crippen molar-refractivity contribution in [1.29, 1.82) is 0 Å². The summed E-state index contributed by atoms with van der Waals surface area (Å²) < 4.78 is 13.2. The number of nitrogens with one attached hydrogen (secondary N) is 1. The largest absolute Gasteiger partial charge is 0.488 e. The molecule has 8 nitrogen and oxygen atoms in total. The molecule has 33 heavy (non-hydrogen) atoms. The number of ether oxygens (including phenoxy) is 2. The van der Waals surface area contributed by atoms with Crippen LogP contribution in [0.1, 0.15) is 37.7 Å². The third-order valence-corrected chi connectivity index (χ3v) is 6.88. The maximum absolute atomic E-state index is 13.5. The second-order valence-electron chi connectivity index (χ2n) is 9.19. The summed E-state index contributed by atoms with van der Waals surface area (Å²) in [6.07, 6.45) is 4.37. The van der Waals surface area contributed by atoms with E-state index in [4.69, 9.17) is 21.1 Å². The number of carbonyl (C=O) groups is 2. The van der Waals surface area contributed by atoms with Gasteiger partial charge in [0, 0.05) is 43.8 Å². The first-order valence-electron chi connectivity index (χ1n) is 11.6. The molecule has 2 aliphatic heterocycles. The molecule has 2 aromatic rings. The zero-order chi connectivity index (χ0) is 22.9. The molecule has 176 valence electrons. The number of anilines is 1. The highest BCUT2D eigenvalue weighted by molar-refractivity contribution is 6.31. The van der Waals surface area contributed by atoms with Gasteiger partial charge in [0.05, 0.1) is 11.3 Å². The molecule has 0 radical (unpaired) electrons. The monoisotopic (exact) mass is 472 g/mol. The van der Waals surface area contributed by atoms with Crippen LogP contribution in [-0.4, -0.2) is 47.9 Å². The van der Waals surface area contributed by atoms with E-state index in [1.165, 1.54) is 4.90 Å². The van der Waals surface area contributed by atoms with Crippen molar-refractivity contribution in [2.45, 2.75) is 38.7 Å². The maximum atomic E-state index is 13.5. The molecule has 0 unspecified atom stereocenters. The van der Waals surface area contributed by atoms with Crippen molar-refractivity contribution in [2.24, 2.45) is 18.9 Å². The maximum Gasteiger partial charge on any atom is 0.240 e. The lowest BCUT2D eigenvalue weighted by atomic mass is 9.95. The van der Waals surface area contributed by atoms with Gasteiger partial charge in [-0.05, 0) is 55.7 Å². The lowest BCUT2D eigenvalue weighted by Crippen LogP contribution is -2.43. The number of benzene rings is 1. The first-order chi connectivity index (χ1) is 16.0. The molecular weight excluding hydrogens is 444 g/mol. The molecule has 9 heteroatoms. The molecule has 1 N–H and O–H groups in total. The van der Waals surface area contributed by atoms with E-state index in [9.17, 15) is 9.59 Å². The van der Waals surface area contributed by atoms with Crippen LogP contribution in [-0.2, 0) is 28.0 Å². The van der Waals surface area contributed by atoms with Crippen molar-refractivity contribution in [3.05, 3.63) is 28.8 Å². The minimum Gasteiger partial charge on any atom is -0.488 e. The number of carbonyl (C=O) groups excluding carboxylic acids is 2. The highest BCUT2D eigenvalue weighted by Gasteiger charge is 2.33. The third kappa shape index (κ3) is 4.87. The summed E-state index contributed by atoms with van der Waals surface area (Å²) >= 11 is 6.25. The Balaban J connectivity index is 1.45. The zero-order valence-corrected chi connectivity index (χ0v) is 19.6. The molecular formula is C24H29ClN4O4. The van der Waals surface area contributed by atoms with Crippen LogP contribution in [0.25, 0.3) is 11.3 Å². The van der Waals surface area contributed by atoms with Gasteiger partial charge in [0.1, 0.15) is 18.9 Å². The second kappa shape index (κ2) is 9.35. The minimum atomic E-state index is -0.165. The summed E-state index contributed by atoms with van der Waals surface area (Å²) in [5.41, 5.74) is 2.48. The molecule has 3 aliphatic rings. The fraction of sp³-hybridized carbons (Fsp3) is 0.542. The number of aryl methyl sites for hydroxylation is 1. The number of halogens is 1. The summed E-state index contributed by atoms with van der Waals surface area (Å²) in [6.45, 7) is 2.23. The molecule has 5 rings (SSSR count). The van der Waals surface area contributed by atoms with Crippen LogP contribution in [0.5, 0.6) is 5.75 Å². The molecule has 3 heterocycles. The van der Waals surface area contributed by atoms with E-state index >= 15 is 0 Å². The van der Waals surface area contributed by atoms with Gasteiger partial charge in [-0.15, -0.1) is 0 Å². The van der Waals surface area contributed by atoms with Crippen LogP contribution < -0.4 is 15.0 Å². The smallest absolute Gasteiger partial charge is 0.240 e. The molecule has 2 amide bonds. The lowest BCUT2D eigenvalue weighted by Gasteiger charge is -2.27. The summed E-state index contributed by atoms with van der Waals surface area (Å²) in [6, 6.07) is 5.47. The quantitative estimate of drug-likeness (QED) is 0.668. The van der Waals surface area contributed by atoms with Gasteiger partial charge in [-0.25, -0.2) is 0 Å². The normalized spacial score (nSPS) is 17.6. The van der Waals surface area contributed by atoms with Crippen molar-refractivity contribution in [3.63, 3.8) is 0 Å². The molecule has 1 aromatic heterocycles. The van der Waals surface area contributed by atoms with E-state index in [1.54, 1.807) is 10.7 Å². The Morgan fingerprint density at radius 2 is 2.00 bits per heavy atom. The fourth-order valence-electron chi connectivity index (χ4n) is 4.57. The van der Waals surface area contributed by atoms with E-state index in [0.717, 1.165) is 48.3 Å². The molecule has 1 aliphatic carbocycles. The van der Waals surface area contributed by atoms with Crippen LogP contribution in [0.4, 0.5) is 5.82 Å². The van der Waals surface area contributed by atoms with Crippen molar-refractivity contribution in [2.75, 3.05) is 31.2 Å². The van der Waals surface area contributed by atoms with Crippen LogP contribution in [0, 0.1) is 11.8 Å². The van der Waals surface area contributed by atoms with Gasteiger partial charge in [-0.3, -0.25) is 19.2 Å². The molecule has 1 saturated heterocycles. The average Bonchev–Trinajstić information content (AvgIpc) is 3.58. The number of hydrogen-bond donors (Lipinski definition) is 1. The predicted octanol–water partition coefficient (Wildman–Crippen LogP) is 3.31. The second-order valence-corrected chi connectivity index (χ2v) is 9.63. The summed E-state index contributed by atoms with van der Waals surface area (Å²) in [5.74, 6) is 1.76. The minimum absolute atomic E-state index is 0.0549. The molecule has 1 saturated carbocycles. The summed E-state index contributed by atoms with van der Waals surface area (Å²) in [4.78, 5) is 27.8. The first kappa shape index (κ1) is 22.2. The van der Waals surface area contributed by atoms with Crippen molar-refractivity contribution >= 4 is 29.2 Å². The molecule has 1 aromatic carbocycles. The first-order valence-corrected chi connectivity index (χ1v) is 12.0. The van der Waals surface area contributed by atoms with Crippen molar-refractivity contribution in [1.82, 2.24) is 15.1 Å². The molecule has 2 fully saturated rings. The Morgan fingerprint density at radius 3 is 2.76 bits per heavy atom. The van der Waals surface area contributed by atoms with Crippen molar-refractivity contribution < 1.29 is 19.1 Å². The lowest BCUT2D eigenvalue weighted by molar-refractivity contribution is -0.124.